The van der Waals surface area contributed by atoms with Gasteiger partial charge in [-0.05, 0) is 18.2 Å². The lowest BCUT2D eigenvalue weighted by molar-refractivity contribution is -0.895. The number of nitrogens with zero attached hydrogens (tertiary/aromatic N) is 1. The van der Waals surface area contributed by atoms with E-state index in [0.717, 1.165) is 35.1 Å². The number of carbonyl (C=O) groups is 2. The number of ether oxygens (including phenoxy) is 1. The van der Waals surface area contributed by atoms with E-state index in [2.05, 4.69) is 12.4 Å². The number of para-hydroxylation sites is 1. The van der Waals surface area contributed by atoms with Crippen molar-refractivity contribution in [3.05, 3.63) is 65.2 Å². The Morgan fingerprint density at radius 3 is 2.93 bits per heavy atom. The highest BCUT2D eigenvalue weighted by atomic mass is 16.5. The number of likely N-dealkylation sites (N-methyl/N-ethyl adjacent to an activating group) is 1. The van der Waals surface area contributed by atoms with Crippen LogP contribution in [0, 0.1) is 0 Å². The van der Waals surface area contributed by atoms with Gasteiger partial charge in [-0.3, -0.25) is 9.78 Å². The molecule has 1 amide bonds. The monoisotopic (exact) mass is 380 g/mol. The van der Waals surface area contributed by atoms with Crippen LogP contribution in [-0.2, 0) is 29.0 Å². The molecule has 0 spiro atoms. The average Bonchev–Trinajstić information content (AvgIpc) is 3.22. The molecule has 1 aliphatic heterocycles. The second kappa shape index (κ2) is 7.82. The highest BCUT2D eigenvalue weighted by Gasteiger charge is 2.27. The zero-order valence-corrected chi connectivity index (χ0v) is 15.7. The molecule has 144 valence electrons. The van der Waals surface area contributed by atoms with Crippen LogP contribution >= 0.6 is 0 Å². The Morgan fingerprint density at radius 1 is 1.25 bits per heavy atom. The van der Waals surface area contributed by atoms with Gasteiger partial charge in [-0.15, -0.1) is 0 Å². The molecule has 0 bridgehead atoms. The Morgan fingerprint density at radius 2 is 2.11 bits per heavy atom. The number of quaternary nitrogens is 1. The molecule has 7 heteroatoms. The van der Waals surface area contributed by atoms with Crippen molar-refractivity contribution >= 4 is 22.8 Å². The van der Waals surface area contributed by atoms with E-state index in [0.29, 0.717) is 17.9 Å². The zero-order chi connectivity index (χ0) is 19.5. The lowest BCUT2D eigenvalue weighted by atomic mass is 9.96. The molecule has 2 N–H and O–H groups in total. The summed E-state index contributed by atoms with van der Waals surface area (Å²) in [6.45, 7) is 1.60. The number of carbonyl (C=O) groups excluding carboxylic acids is 2. The summed E-state index contributed by atoms with van der Waals surface area (Å²) >= 11 is 0. The Kier molecular flexibility index (Phi) is 5.08. The Hall–Kier alpha value is -3.19. The normalized spacial score (nSPS) is 15.8. The first-order chi connectivity index (χ1) is 13.6. The molecule has 0 radical (unpaired) electrons. The third kappa shape index (κ3) is 3.75. The predicted octanol–water partition coefficient (Wildman–Crippen LogP) is 0.872. The Labute approximate surface area is 162 Å². The quantitative estimate of drug-likeness (QED) is 0.642. The van der Waals surface area contributed by atoms with Crippen molar-refractivity contribution in [3.8, 4) is 0 Å². The van der Waals surface area contributed by atoms with Gasteiger partial charge in [0.1, 0.15) is 12.3 Å². The van der Waals surface area contributed by atoms with Gasteiger partial charge in [0, 0.05) is 17.4 Å². The number of aromatic nitrogens is 1. The van der Waals surface area contributed by atoms with Gasteiger partial charge in [-0.25, -0.2) is 4.79 Å². The number of rotatable bonds is 5. The van der Waals surface area contributed by atoms with Crippen molar-refractivity contribution in [2.24, 2.45) is 0 Å². The summed E-state index contributed by atoms with van der Waals surface area (Å²) in [6, 6.07) is 11.1. The summed E-state index contributed by atoms with van der Waals surface area (Å²) in [5.41, 5.74) is 3.16. The molecule has 28 heavy (non-hydrogen) atoms. The maximum atomic E-state index is 12.9. The molecule has 3 aromatic rings. The Bertz CT molecular complexity index is 1010. The zero-order valence-electron chi connectivity index (χ0n) is 15.7. The van der Waals surface area contributed by atoms with Gasteiger partial charge in [-0.1, -0.05) is 18.2 Å². The molecule has 1 aliphatic rings. The number of esters is 1. The summed E-state index contributed by atoms with van der Waals surface area (Å²) in [5.74, 6) is -0.225. The van der Waals surface area contributed by atoms with Crippen LogP contribution < -0.4 is 10.2 Å². The number of nitrogens with one attached hydrogen (secondary N) is 2. The van der Waals surface area contributed by atoms with Gasteiger partial charge in [0.15, 0.2) is 6.61 Å². The van der Waals surface area contributed by atoms with E-state index in [1.165, 1.54) is 11.2 Å². The minimum absolute atomic E-state index is 0.255. The van der Waals surface area contributed by atoms with Gasteiger partial charge in [0.2, 0.25) is 0 Å². The molecule has 0 aliphatic carbocycles. The van der Waals surface area contributed by atoms with Crippen LogP contribution in [-0.4, -0.2) is 37.1 Å². The molecule has 4 rings (SSSR count). The van der Waals surface area contributed by atoms with E-state index in [4.69, 9.17) is 14.1 Å². The fourth-order valence-corrected chi connectivity index (χ4v) is 3.51. The molecule has 1 aromatic carbocycles. The van der Waals surface area contributed by atoms with E-state index < -0.39 is 5.97 Å². The number of hydrogen-bond acceptors (Lipinski definition) is 5. The van der Waals surface area contributed by atoms with Crippen LogP contribution in [0.25, 0.3) is 10.9 Å². The predicted molar refractivity (Wildman–Crippen MR) is 102 cm³/mol. The van der Waals surface area contributed by atoms with Crippen molar-refractivity contribution < 1.29 is 23.6 Å². The standard InChI is InChI=1S/C21H21N3O4/c1-24-9-8-18-16(12-24)20(15-6-2-3-7-17(15)23-18)21(26)28-13-19(25)22-11-14-5-4-10-27-14/h2-7,10H,8-9,11-13H2,1H3,(H,22,25)/p+1. The van der Waals surface area contributed by atoms with Crippen LogP contribution in [0.1, 0.15) is 27.4 Å². The largest absolute Gasteiger partial charge is 0.467 e. The fraction of sp³-hybridized carbons (Fsp3) is 0.286. The van der Waals surface area contributed by atoms with Crippen molar-refractivity contribution in [2.45, 2.75) is 19.5 Å². The maximum Gasteiger partial charge on any atom is 0.339 e. The minimum atomic E-state index is -0.488. The number of hydrogen-bond donors (Lipinski definition) is 2. The average molecular weight is 380 g/mol. The van der Waals surface area contributed by atoms with E-state index >= 15 is 0 Å². The van der Waals surface area contributed by atoms with E-state index in [1.54, 1.807) is 12.1 Å². The minimum Gasteiger partial charge on any atom is -0.467 e. The third-order valence-electron chi connectivity index (χ3n) is 4.92. The smallest absolute Gasteiger partial charge is 0.339 e. The van der Waals surface area contributed by atoms with Crippen LogP contribution in [0.3, 0.4) is 0 Å². The molecular weight excluding hydrogens is 358 g/mol. The second-order valence-corrected chi connectivity index (χ2v) is 7.00. The number of benzene rings is 1. The van der Waals surface area contributed by atoms with Crippen molar-refractivity contribution in [1.29, 1.82) is 0 Å². The molecule has 3 heterocycles. The SMILES string of the molecule is C[NH+]1CCc2nc3ccccc3c(C(=O)OCC(=O)NCc3ccco3)c2C1. The van der Waals surface area contributed by atoms with Gasteiger partial charge in [-0.2, -0.15) is 0 Å². The van der Waals surface area contributed by atoms with E-state index in [1.807, 2.05) is 24.3 Å². The van der Waals surface area contributed by atoms with Gasteiger partial charge in [0.05, 0.1) is 43.2 Å². The summed E-state index contributed by atoms with van der Waals surface area (Å²) in [5, 5.41) is 3.43. The number of pyridine rings is 1. The lowest BCUT2D eigenvalue weighted by Crippen LogP contribution is -3.08. The number of furan rings is 1. The molecule has 0 saturated carbocycles. The van der Waals surface area contributed by atoms with Crippen LogP contribution in [0.15, 0.2) is 47.1 Å². The molecule has 7 nitrogen and oxygen atoms in total. The topological polar surface area (TPSA) is 85.9 Å². The fourth-order valence-electron chi connectivity index (χ4n) is 3.51. The van der Waals surface area contributed by atoms with E-state index in [-0.39, 0.29) is 19.1 Å². The number of fused-ring (bicyclic) bond motifs is 2. The van der Waals surface area contributed by atoms with Gasteiger partial charge >= 0.3 is 5.97 Å². The first kappa shape index (κ1) is 18.2. The highest BCUT2D eigenvalue weighted by molar-refractivity contribution is 6.05. The second-order valence-electron chi connectivity index (χ2n) is 7.00. The number of amides is 1. The first-order valence-corrected chi connectivity index (χ1v) is 9.30. The molecule has 1 unspecified atom stereocenters. The van der Waals surface area contributed by atoms with Crippen molar-refractivity contribution in [1.82, 2.24) is 10.3 Å². The van der Waals surface area contributed by atoms with Gasteiger partial charge < -0.3 is 19.4 Å². The maximum absolute atomic E-state index is 12.9. The van der Waals surface area contributed by atoms with Crippen LogP contribution in [0.4, 0.5) is 0 Å². The highest BCUT2D eigenvalue weighted by Crippen LogP contribution is 2.25. The molecule has 0 fully saturated rings. The molecule has 0 saturated heterocycles. The molecule has 2 aromatic heterocycles. The summed E-state index contributed by atoms with van der Waals surface area (Å²) in [7, 11) is 2.09. The van der Waals surface area contributed by atoms with E-state index in [9.17, 15) is 9.59 Å². The lowest BCUT2D eigenvalue weighted by Gasteiger charge is -2.24. The molecular formula is C21H22N3O4+. The third-order valence-corrected chi connectivity index (χ3v) is 4.92. The summed E-state index contributed by atoms with van der Waals surface area (Å²) in [4.78, 5) is 31.0. The summed E-state index contributed by atoms with van der Waals surface area (Å²) in [6.07, 6.45) is 2.36. The Balaban J connectivity index is 1.53. The van der Waals surface area contributed by atoms with Crippen molar-refractivity contribution in [3.63, 3.8) is 0 Å². The van der Waals surface area contributed by atoms with Crippen LogP contribution in [0.5, 0.6) is 0 Å². The van der Waals surface area contributed by atoms with Crippen LogP contribution in [0.2, 0.25) is 0 Å². The first-order valence-electron chi connectivity index (χ1n) is 9.30. The molecule has 1 atom stereocenters. The van der Waals surface area contributed by atoms with Gasteiger partial charge in [0.25, 0.3) is 5.91 Å². The summed E-state index contributed by atoms with van der Waals surface area (Å²) < 4.78 is 10.5. The van der Waals surface area contributed by atoms with Crippen molar-refractivity contribution in [2.75, 3.05) is 20.2 Å².